The van der Waals surface area contributed by atoms with Crippen molar-refractivity contribution in [2.24, 2.45) is 5.73 Å². The average molecular weight is 561 g/mol. The number of nitrogens with two attached hydrogens (primary N) is 1. The van der Waals surface area contributed by atoms with Gasteiger partial charge in [0.15, 0.2) is 0 Å². The molecule has 0 aliphatic heterocycles. The molecule has 5 N–H and O–H groups in total. The van der Waals surface area contributed by atoms with Gasteiger partial charge in [-0.15, -0.1) is 0 Å². The van der Waals surface area contributed by atoms with Gasteiger partial charge in [0.05, 0.1) is 0 Å². The van der Waals surface area contributed by atoms with Crippen LogP contribution in [-0.4, -0.2) is 48.2 Å². The van der Waals surface area contributed by atoms with E-state index in [2.05, 4.69) is 16.0 Å². The van der Waals surface area contributed by atoms with Gasteiger partial charge in [0.1, 0.15) is 24.3 Å². The van der Waals surface area contributed by atoms with Crippen molar-refractivity contribution in [3.8, 4) is 0 Å². The second-order valence-electron chi connectivity index (χ2n) is 9.94. The van der Waals surface area contributed by atoms with Crippen molar-refractivity contribution in [2.75, 3.05) is 6.54 Å². The van der Waals surface area contributed by atoms with Crippen LogP contribution in [0.2, 0.25) is 5.02 Å². The van der Waals surface area contributed by atoms with Crippen molar-refractivity contribution in [2.45, 2.75) is 70.7 Å². The molecular weight excluding hydrogens is 524 g/mol. The summed E-state index contributed by atoms with van der Waals surface area (Å²) < 4.78 is 10.4. The van der Waals surface area contributed by atoms with E-state index in [1.54, 1.807) is 45.0 Å². The van der Waals surface area contributed by atoms with Crippen molar-refractivity contribution in [3.63, 3.8) is 0 Å². The van der Waals surface area contributed by atoms with Gasteiger partial charge < -0.3 is 31.2 Å². The summed E-state index contributed by atoms with van der Waals surface area (Å²) >= 11 is 6.05. The topological polar surface area (TPSA) is 149 Å². The third kappa shape index (κ3) is 12.5. The maximum absolute atomic E-state index is 13.1. The molecule has 2 rings (SSSR count). The first-order chi connectivity index (χ1) is 18.4. The Morgan fingerprint density at radius 1 is 0.897 bits per heavy atom. The first kappa shape index (κ1) is 31.4. The van der Waals surface area contributed by atoms with Crippen molar-refractivity contribution >= 4 is 35.6 Å². The van der Waals surface area contributed by atoms with Crippen LogP contribution in [0.4, 0.5) is 9.59 Å². The monoisotopic (exact) mass is 560 g/mol. The molecule has 11 heteroatoms. The molecule has 2 aromatic rings. The summed E-state index contributed by atoms with van der Waals surface area (Å²) in [5.41, 5.74) is 6.29. The molecule has 39 heavy (non-hydrogen) atoms. The van der Waals surface area contributed by atoms with E-state index in [0.717, 1.165) is 5.56 Å². The first-order valence-electron chi connectivity index (χ1n) is 12.7. The van der Waals surface area contributed by atoms with Gasteiger partial charge in [-0.05, 0) is 51.7 Å². The highest BCUT2D eigenvalue weighted by Gasteiger charge is 2.27. The van der Waals surface area contributed by atoms with E-state index in [0.29, 0.717) is 30.0 Å². The number of amides is 4. The van der Waals surface area contributed by atoms with Crippen LogP contribution in [-0.2, 0) is 32.1 Å². The zero-order valence-electron chi connectivity index (χ0n) is 22.5. The minimum absolute atomic E-state index is 0.0444. The van der Waals surface area contributed by atoms with Crippen LogP contribution < -0.4 is 21.7 Å². The number of nitrogens with one attached hydrogen (secondary N) is 3. The van der Waals surface area contributed by atoms with E-state index in [-0.39, 0.29) is 19.4 Å². The normalized spacial score (nSPS) is 12.5. The molecule has 0 bridgehead atoms. The smallest absolute Gasteiger partial charge is 0.408 e. The van der Waals surface area contributed by atoms with Gasteiger partial charge >= 0.3 is 12.2 Å². The second-order valence-corrected chi connectivity index (χ2v) is 10.3. The van der Waals surface area contributed by atoms with Crippen molar-refractivity contribution in [1.82, 2.24) is 16.0 Å². The van der Waals surface area contributed by atoms with Crippen molar-refractivity contribution in [1.29, 1.82) is 0 Å². The molecule has 0 heterocycles. The molecule has 0 aliphatic rings. The Morgan fingerprint density at radius 2 is 1.56 bits per heavy atom. The van der Waals surface area contributed by atoms with Gasteiger partial charge in [0.2, 0.25) is 11.8 Å². The Kier molecular flexibility index (Phi) is 12.6. The molecule has 10 nitrogen and oxygen atoms in total. The van der Waals surface area contributed by atoms with E-state index >= 15 is 0 Å². The Bertz CT molecular complexity index is 1110. The lowest BCUT2D eigenvalue weighted by atomic mass is 10.0. The lowest BCUT2D eigenvalue weighted by molar-refractivity contribution is -0.128. The van der Waals surface area contributed by atoms with Crippen molar-refractivity contribution < 1.29 is 28.7 Å². The summed E-state index contributed by atoms with van der Waals surface area (Å²) in [6.45, 7) is 5.50. The highest BCUT2D eigenvalue weighted by Crippen LogP contribution is 2.15. The van der Waals surface area contributed by atoms with Crippen LogP contribution in [0.1, 0.15) is 51.2 Å². The van der Waals surface area contributed by atoms with Crippen LogP contribution in [0.3, 0.4) is 0 Å². The highest BCUT2D eigenvalue weighted by molar-refractivity contribution is 6.31. The van der Waals surface area contributed by atoms with Gasteiger partial charge in [0, 0.05) is 23.6 Å². The van der Waals surface area contributed by atoms with Gasteiger partial charge in [-0.3, -0.25) is 9.59 Å². The van der Waals surface area contributed by atoms with E-state index in [9.17, 15) is 19.2 Å². The Morgan fingerprint density at radius 3 is 2.21 bits per heavy atom. The third-order valence-electron chi connectivity index (χ3n) is 5.46. The van der Waals surface area contributed by atoms with Crippen molar-refractivity contribution in [3.05, 3.63) is 70.7 Å². The predicted octanol–water partition coefficient (Wildman–Crippen LogP) is 3.84. The predicted molar refractivity (Wildman–Crippen MR) is 148 cm³/mol. The number of carbonyl (C=O) groups excluding carboxylic acids is 4. The van der Waals surface area contributed by atoms with Crippen LogP contribution in [0, 0.1) is 0 Å². The molecule has 4 amide bonds. The number of hydrogen-bond acceptors (Lipinski definition) is 6. The molecule has 2 unspecified atom stereocenters. The zero-order chi connectivity index (χ0) is 28.8. The maximum atomic E-state index is 13.1. The average Bonchev–Trinajstić information content (AvgIpc) is 2.86. The summed E-state index contributed by atoms with van der Waals surface area (Å²) in [6.07, 6.45) is 0.110. The number of rotatable bonds is 13. The molecule has 0 saturated heterocycles. The second kappa shape index (κ2) is 15.6. The number of ether oxygens (including phenoxy) is 2. The number of halogens is 1. The molecule has 212 valence electrons. The molecule has 2 atom stereocenters. The van der Waals surface area contributed by atoms with E-state index in [1.165, 1.54) is 0 Å². The van der Waals surface area contributed by atoms with Crippen LogP contribution in [0.25, 0.3) is 0 Å². The number of benzene rings is 2. The number of unbranched alkanes of at least 4 members (excludes halogenated alkanes) is 1. The number of primary amides is 1. The standard InChI is InChI=1S/C28H37ClN4O6/c1-28(2,3)39-27(37)33-23(17-19-11-5-4-6-12-19)25(35)32-22(24(30)34)15-9-10-16-31-26(36)38-18-20-13-7-8-14-21(20)29/h4-8,11-14,22-23H,9-10,15-18H2,1-3H3,(H2,30,34)(H,31,36)(H,32,35)(H,33,37). The number of carbonyl (C=O) groups is 4. The molecule has 2 aromatic carbocycles. The summed E-state index contributed by atoms with van der Waals surface area (Å²) in [5.74, 6) is -1.26. The lowest BCUT2D eigenvalue weighted by Gasteiger charge is -2.25. The summed E-state index contributed by atoms with van der Waals surface area (Å²) in [4.78, 5) is 49.4. The lowest BCUT2D eigenvalue weighted by Crippen LogP contribution is -2.54. The fourth-order valence-electron chi connectivity index (χ4n) is 3.54. The largest absolute Gasteiger partial charge is 0.445 e. The number of alkyl carbamates (subject to hydrolysis) is 2. The molecule has 0 radical (unpaired) electrons. The van der Waals surface area contributed by atoms with Gasteiger partial charge in [0.25, 0.3) is 0 Å². The molecule has 0 spiro atoms. The summed E-state index contributed by atoms with van der Waals surface area (Å²) in [7, 11) is 0. The Labute approximate surface area is 233 Å². The Hall–Kier alpha value is -3.79. The third-order valence-corrected chi connectivity index (χ3v) is 5.82. The molecular formula is C28H37ClN4O6. The van der Waals surface area contributed by atoms with E-state index in [1.807, 2.05) is 30.3 Å². The van der Waals surface area contributed by atoms with Crippen LogP contribution >= 0.6 is 11.6 Å². The number of hydrogen-bond donors (Lipinski definition) is 4. The highest BCUT2D eigenvalue weighted by atomic mass is 35.5. The van der Waals surface area contributed by atoms with Gasteiger partial charge in [-0.25, -0.2) is 9.59 Å². The molecule has 0 saturated carbocycles. The molecule has 0 fully saturated rings. The fourth-order valence-corrected chi connectivity index (χ4v) is 3.73. The quantitative estimate of drug-likeness (QED) is 0.273. The minimum Gasteiger partial charge on any atom is -0.445 e. The van der Waals surface area contributed by atoms with Gasteiger partial charge in [-0.2, -0.15) is 0 Å². The summed E-state index contributed by atoms with van der Waals surface area (Å²) in [6, 6.07) is 14.3. The fraction of sp³-hybridized carbons (Fsp3) is 0.429. The van der Waals surface area contributed by atoms with Crippen LogP contribution in [0.5, 0.6) is 0 Å². The Balaban J connectivity index is 1.84. The first-order valence-corrected chi connectivity index (χ1v) is 13.1. The summed E-state index contributed by atoms with van der Waals surface area (Å²) in [5, 5.41) is 8.37. The minimum atomic E-state index is -0.987. The molecule has 0 aliphatic carbocycles. The van der Waals surface area contributed by atoms with E-state index < -0.39 is 41.7 Å². The SMILES string of the molecule is CC(C)(C)OC(=O)NC(Cc1ccccc1)C(=O)NC(CCCCNC(=O)OCc1ccccc1Cl)C(N)=O. The zero-order valence-corrected chi connectivity index (χ0v) is 23.3. The molecule has 0 aromatic heterocycles. The maximum Gasteiger partial charge on any atom is 0.408 e. The van der Waals surface area contributed by atoms with Crippen LogP contribution in [0.15, 0.2) is 54.6 Å². The van der Waals surface area contributed by atoms with Gasteiger partial charge in [-0.1, -0.05) is 60.1 Å². The van der Waals surface area contributed by atoms with E-state index in [4.69, 9.17) is 26.8 Å².